The Labute approximate surface area is 114 Å². The summed E-state index contributed by atoms with van der Waals surface area (Å²) in [4.78, 5) is 2.44. The standard InChI is InChI=1S/C17H20N2/c1-12-7-8-15(11-18)17(9-12)19-13(2)10-14-5-3-4-6-16(14)19/h3-9,13H,10-11,18H2,1-2H3. The van der Waals surface area contributed by atoms with E-state index in [4.69, 9.17) is 5.73 Å². The molecule has 2 N–H and O–H groups in total. The molecule has 2 nitrogen and oxygen atoms in total. The molecule has 0 saturated carbocycles. The maximum absolute atomic E-state index is 5.91. The van der Waals surface area contributed by atoms with Crippen LogP contribution in [0.3, 0.4) is 0 Å². The third-order valence-electron chi connectivity index (χ3n) is 3.93. The van der Waals surface area contributed by atoms with Crippen LogP contribution in [0.25, 0.3) is 0 Å². The normalized spacial score (nSPS) is 17.6. The van der Waals surface area contributed by atoms with Gasteiger partial charge in [0.15, 0.2) is 0 Å². The number of nitrogens with zero attached hydrogens (tertiary/aromatic N) is 1. The number of anilines is 2. The van der Waals surface area contributed by atoms with Crippen molar-refractivity contribution in [1.82, 2.24) is 0 Å². The van der Waals surface area contributed by atoms with Crippen LogP contribution in [-0.2, 0) is 13.0 Å². The molecule has 1 aliphatic heterocycles. The highest BCUT2D eigenvalue weighted by atomic mass is 15.2. The number of rotatable bonds is 2. The molecule has 3 rings (SSSR count). The molecule has 0 aromatic heterocycles. The zero-order valence-electron chi connectivity index (χ0n) is 11.6. The Kier molecular flexibility index (Phi) is 3.03. The van der Waals surface area contributed by atoms with Crippen LogP contribution in [0, 0.1) is 6.92 Å². The van der Waals surface area contributed by atoms with Crippen molar-refractivity contribution in [3.8, 4) is 0 Å². The van der Waals surface area contributed by atoms with Gasteiger partial charge in [-0.05, 0) is 49.1 Å². The molecule has 1 heterocycles. The number of para-hydroxylation sites is 1. The minimum Gasteiger partial charge on any atom is -0.338 e. The highest BCUT2D eigenvalue weighted by Gasteiger charge is 2.27. The number of aryl methyl sites for hydroxylation is 1. The lowest BCUT2D eigenvalue weighted by Gasteiger charge is -2.27. The monoisotopic (exact) mass is 252 g/mol. The first kappa shape index (κ1) is 12.2. The summed E-state index contributed by atoms with van der Waals surface area (Å²) in [5, 5.41) is 0. The Morgan fingerprint density at radius 1 is 1.16 bits per heavy atom. The first-order chi connectivity index (χ1) is 9.20. The molecule has 1 unspecified atom stereocenters. The summed E-state index contributed by atoms with van der Waals surface area (Å²) in [6, 6.07) is 15.7. The zero-order chi connectivity index (χ0) is 13.4. The Hall–Kier alpha value is -1.80. The average Bonchev–Trinajstić information content (AvgIpc) is 2.74. The predicted molar refractivity (Wildman–Crippen MR) is 80.8 cm³/mol. The van der Waals surface area contributed by atoms with Crippen molar-refractivity contribution in [2.45, 2.75) is 32.9 Å². The molecule has 0 aliphatic carbocycles. The zero-order valence-corrected chi connectivity index (χ0v) is 11.6. The number of fused-ring (bicyclic) bond motifs is 1. The summed E-state index contributed by atoms with van der Waals surface area (Å²) in [7, 11) is 0. The van der Waals surface area contributed by atoms with E-state index in [1.165, 1.54) is 28.1 Å². The van der Waals surface area contributed by atoms with Crippen molar-refractivity contribution in [2.75, 3.05) is 4.90 Å². The van der Waals surface area contributed by atoms with E-state index in [9.17, 15) is 0 Å². The molecule has 2 aromatic carbocycles. The number of nitrogens with two attached hydrogens (primary N) is 1. The molecule has 0 saturated heterocycles. The van der Waals surface area contributed by atoms with Crippen molar-refractivity contribution in [2.24, 2.45) is 5.73 Å². The molecule has 0 bridgehead atoms. The van der Waals surface area contributed by atoms with Crippen LogP contribution in [0.15, 0.2) is 42.5 Å². The Morgan fingerprint density at radius 2 is 1.95 bits per heavy atom. The summed E-state index contributed by atoms with van der Waals surface area (Å²) < 4.78 is 0. The van der Waals surface area contributed by atoms with Gasteiger partial charge in [0.05, 0.1) is 0 Å². The molecule has 2 heteroatoms. The van der Waals surface area contributed by atoms with Crippen LogP contribution in [0.5, 0.6) is 0 Å². The Balaban J connectivity index is 2.14. The van der Waals surface area contributed by atoms with Gasteiger partial charge < -0.3 is 10.6 Å². The van der Waals surface area contributed by atoms with Gasteiger partial charge in [0, 0.05) is 24.0 Å². The summed E-state index contributed by atoms with van der Waals surface area (Å²) in [6.45, 7) is 5.00. The van der Waals surface area contributed by atoms with E-state index in [1.807, 2.05) is 0 Å². The highest BCUT2D eigenvalue weighted by molar-refractivity contribution is 5.73. The first-order valence-corrected chi connectivity index (χ1v) is 6.87. The Morgan fingerprint density at radius 3 is 2.74 bits per heavy atom. The molecule has 2 aromatic rings. The number of hydrogen-bond acceptors (Lipinski definition) is 2. The lowest BCUT2D eigenvalue weighted by atomic mass is 10.1. The van der Waals surface area contributed by atoms with Gasteiger partial charge in [-0.2, -0.15) is 0 Å². The molecule has 1 aliphatic rings. The second kappa shape index (κ2) is 4.71. The molecule has 98 valence electrons. The van der Waals surface area contributed by atoms with Crippen molar-refractivity contribution in [1.29, 1.82) is 0 Å². The van der Waals surface area contributed by atoms with Crippen LogP contribution in [0.2, 0.25) is 0 Å². The SMILES string of the molecule is Cc1ccc(CN)c(N2c3ccccc3CC2C)c1. The van der Waals surface area contributed by atoms with Crippen molar-refractivity contribution >= 4 is 11.4 Å². The molecular formula is C17H20N2. The molecule has 1 atom stereocenters. The molecule has 0 fully saturated rings. The quantitative estimate of drug-likeness (QED) is 0.886. The second-order valence-corrected chi connectivity index (χ2v) is 5.39. The average molecular weight is 252 g/mol. The smallest absolute Gasteiger partial charge is 0.0461 e. The van der Waals surface area contributed by atoms with E-state index >= 15 is 0 Å². The first-order valence-electron chi connectivity index (χ1n) is 6.87. The van der Waals surface area contributed by atoms with E-state index in [2.05, 4.69) is 61.2 Å². The van der Waals surface area contributed by atoms with E-state index in [0.717, 1.165) is 6.42 Å². The molecule has 0 amide bonds. The van der Waals surface area contributed by atoms with Crippen LogP contribution >= 0.6 is 0 Å². The largest absolute Gasteiger partial charge is 0.338 e. The summed E-state index contributed by atoms with van der Waals surface area (Å²) in [6.07, 6.45) is 1.11. The van der Waals surface area contributed by atoms with Gasteiger partial charge in [-0.15, -0.1) is 0 Å². The summed E-state index contributed by atoms with van der Waals surface area (Å²) >= 11 is 0. The van der Waals surface area contributed by atoms with Gasteiger partial charge in [0.2, 0.25) is 0 Å². The van der Waals surface area contributed by atoms with Gasteiger partial charge in [0.25, 0.3) is 0 Å². The summed E-state index contributed by atoms with van der Waals surface area (Å²) in [5.74, 6) is 0. The second-order valence-electron chi connectivity index (χ2n) is 5.39. The Bertz CT molecular complexity index is 604. The van der Waals surface area contributed by atoms with Gasteiger partial charge in [-0.3, -0.25) is 0 Å². The highest BCUT2D eigenvalue weighted by Crippen LogP contribution is 2.39. The van der Waals surface area contributed by atoms with Crippen LogP contribution in [0.1, 0.15) is 23.6 Å². The van der Waals surface area contributed by atoms with E-state index < -0.39 is 0 Å². The summed E-state index contributed by atoms with van der Waals surface area (Å²) in [5.41, 5.74) is 12.4. The van der Waals surface area contributed by atoms with Crippen LogP contribution in [-0.4, -0.2) is 6.04 Å². The third-order valence-corrected chi connectivity index (χ3v) is 3.93. The van der Waals surface area contributed by atoms with Crippen LogP contribution in [0.4, 0.5) is 11.4 Å². The van der Waals surface area contributed by atoms with E-state index in [1.54, 1.807) is 0 Å². The van der Waals surface area contributed by atoms with Crippen molar-refractivity contribution in [3.05, 3.63) is 59.2 Å². The topological polar surface area (TPSA) is 29.3 Å². The predicted octanol–water partition coefficient (Wildman–Crippen LogP) is 3.54. The van der Waals surface area contributed by atoms with Crippen molar-refractivity contribution < 1.29 is 0 Å². The lowest BCUT2D eigenvalue weighted by Crippen LogP contribution is -2.25. The minimum atomic E-state index is 0.490. The molecular weight excluding hydrogens is 232 g/mol. The van der Waals surface area contributed by atoms with Gasteiger partial charge in [0.1, 0.15) is 0 Å². The van der Waals surface area contributed by atoms with E-state index in [-0.39, 0.29) is 0 Å². The van der Waals surface area contributed by atoms with Gasteiger partial charge >= 0.3 is 0 Å². The lowest BCUT2D eigenvalue weighted by molar-refractivity contribution is 0.754. The minimum absolute atomic E-state index is 0.490. The maximum atomic E-state index is 5.91. The number of hydrogen-bond donors (Lipinski definition) is 1. The maximum Gasteiger partial charge on any atom is 0.0461 e. The molecule has 0 radical (unpaired) electrons. The van der Waals surface area contributed by atoms with Crippen molar-refractivity contribution in [3.63, 3.8) is 0 Å². The van der Waals surface area contributed by atoms with E-state index in [0.29, 0.717) is 12.6 Å². The van der Waals surface area contributed by atoms with Crippen LogP contribution < -0.4 is 10.6 Å². The fraction of sp³-hybridized carbons (Fsp3) is 0.294. The molecule has 0 spiro atoms. The fourth-order valence-corrected chi connectivity index (χ4v) is 3.00. The van der Waals surface area contributed by atoms with Gasteiger partial charge in [-0.1, -0.05) is 30.3 Å². The molecule has 19 heavy (non-hydrogen) atoms. The van der Waals surface area contributed by atoms with Gasteiger partial charge in [-0.25, -0.2) is 0 Å². The number of benzene rings is 2. The fourth-order valence-electron chi connectivity index (χ4n) is 3.00. The third kappa shape index (κ3) is 2.02.